The molecule has 0 aliphatic carbocycles. The van der Waals surface area contributed by atoms with E-state index in [0.717, 1.165) is 0 Å². The molecule has 17 heavy (non-hydrogen) atoms. The van der Waals surface area contributed by atoms with Gasteiger partial charge in [-0.2, -0.15) is 0 Å². The second kappa shape index (κ2) is 4.67. The summed E-state index contributed by atoms with van der Waals surface area (Å²) in [4.78, 5) is 25.4. The maximum absolute atomic E-state index is 12.1. The highest BCUT2D eigenvalue weighted by Crippen LogP contribution is 2.27. The van der Waals surface area contributed by atoms with E-state index >= 15 is 0 Å². The van der Waals surface area contributed by atoms with Crippen LogP contribution in [0.15, 0.2) is 24.3 Å². The lowest BCUT2D eigenvalue weighted by atomic mass is 10.00. The highest BCUT2D eigenvalue weighted by atomic mass is 16.5. The molecular formula is C13H15NO3. The number of carbonyl (C=O) groups excluding carboxylic acids is 2. The van der Waals surface area contributed by atoms with Crippen molar-refractivity contribution in [2.24, 2.45) is 0 Å². The minimum Gasteiger partial charge on any atom is -0.372 e. The van der Waals surface area contributed by atoms with Gasteiger partial charge in [-0.1, -0.05) is 12.1 Å². The van der Waals surface area contributed by atoms with Crippen molar-refractivity contribution in [3.8, 4) is 0 Å². The topological polar surface area (TPSA) is 46.6 Å². The maximum atomic E-state index is 12.1. The summed E-state index contributed by atoms with van der Waals surface area (Å²) in [6, 6.07) is 7.20. The number of para-hydroxylation sites is 1. The van der Waals surface area contributed by atoms with Gasteiger partial charge in [0.05, 0.1) is 5.69 Å². The number of hydrogen-bond donors (Lipinski definition) is 0. The number of ketones is 1. The molecule has 1 unspecified atom stereocenters. The number of fused-ring (bicyclic) bond motifs is 1. The second-order valence-electron chi connectivity index (χ2n) is 4.06. The van der Waals surface area contributed by atoms with Gasteiger partial charge in [0.15, 0.2) is 5.78 Å². The summed E-state index contributed by atoms with van der Waals surface area (Å²) >= 11 is 0. The highest BCUT2D eigenvalue weighted by molar-refractivity contribution is 6.09. The summed E-state index contributed by atoms with van der Waals surface area (Å²) < 4.78 is 5.03. The van der Waals surface area contributed by atoms with Crippen LogP contribution in [0.5, 0.6) is 0 Å². The average Bonchev–Trinajstić information content (AvgIpc) is 2.38. The molecule has 0 N–H and O–H groups in total. The normalized spacial score (nSPS) is 16.6. The van der Waals surface area contributed by atoms with Crippen molar-refractivity contribution in [3.63, 3.8) is 0 Å². The number of rotatable bonds is 2. The standard InChI is InChI=1S/C13H15NO3/c1-9(17-2)13(16)14-8-7-12(15)10-5-3-4-6-11(10)14/h3-6,9H,7-8H2,1-2H3. The van der Waals surface area contributed by atoms with E-state index in [1.54, 1.807) is 24.0 Å². The minimum atomic E-state index is -0.490. The second-order valence-corrected chi connectivity index (χ2v) is 4.06. The van der Waals surface area contributed by atoms with Crippen molar-refractivity contribution < 1.29 is 14.3 Å². The number of anilines is 1. The van der Waals surface area contributed by atoms with Gasteiger partial charge in [-0.15, -0.1) is 0 Å². The molecule has 1 aliphatic heterocycles. The summed E-state index contributed by atoms with van der Waals surface area (Å²) in [5.74, 6) is -0.0119. The van der Waals surface area contributed by atoms with Crippen molar-refractivity contribution in [1.29, 1.82) is 0 Å². The molecule has 0 bridgehead atoms. The third-order valence-corrected chi connectivity index (χ3v) is 3.03. The Morgan fingerprint density at radius 3 is 2.82 bits per heavy atom. The Morgan fingerprint density at radius 2 is 2.12 bits per heavy atom. The molecule has 4 nitrogen and oxygen atoms in total. The van der Waals surface area contributed by atoms with E-state index in [1.165, 1.54) is 7.11 Å². The Bertz CT molecular complexity index is 456. The smallest absolute Gasteiger partial charge is 0.255 e. The van der Waals surface area contributed by atoms with Crippen molar-refractivity contribution in [3.05, 3.63) is 29.8 Å². The lowest BCUT2D eigenvalue weighted by Gasteiger charge is -2.30. The molecule has 1 amide bonds. The average molecular weight is 233 g/mol. The number of ether oxygens (including phenoxy) is 1. The van der Waals surface area contributed by atoms with Crippen LogP contribution in [-0.4, -0.2) is 31.4 Å². The quantitative estimate of drug-likeness (QED) is 0.780. The van der Waals surface area contributed by atoms with Gasteiger partial charge in [0.2, 0.25) is 0 Å². The van der Waals surface area contributed by atoms with Crippen molar-refractivity contribution >= 4 is 17.4 Å². The fourth-order valence-electron chi connectivity index (χ4n) is 1.96. The molecule has 0 saturated heterocycles. The lowest BCUT2D eigenvalue weighted by Crippen LogP contribution is -2.42. The number of Topliss-reactive ketones (excluding diaryl/α,β-unsaturated/α-hetero) is 1. The number of benzene rings is 1. The van der Waals surface area contributed by atoms with Crippen LogP contribution in [0.1, 0.15) is 23.7 Å². The fourth-order valence-corrected chi connectivity index (χ4v) is 1.96. The number of amides is 1. The third-order valence-electron chi connectivity index (χ3n) is 3.03. The zero-order valence-electron chi connectivity index (χ0n) is 9.97. The molecule has 4 heteroatoms. The van der Waals surface area contributed by atoms with E-state index in [0.29, 0.717) is 24.2 Å². The Balaban J connectivity index is 2.36. The van der Waals surface area contributed by atoms with Crippen LogP contribution >= 0.6 is 0 Å². The van der Waals surface area contributed by atoms with Gasteiger partial charge in [0, 0.05) is 25.6 Å². The van der Waals surface area contributed by atoms with Gasteiger partial charge in [-0.25, -0.2) is 0 Å². The van der Waals surface area contributed by atoms with Crippen molar-refractivity contribution in [2.75, 3.05) is 18.6 Å². The first-order valence-electron chi connectivity index (χ1n) is 5.61. The molecule has 0 aromatic heterocycles. The molecule has 1 aliphatic rings. The van der Waals surface area contributed by atoms with Crippen LogP contribution in [0, 0.1) is 0 Å². The first kappa shape index (κ1) is 11.8. The first-order valence-corrected chi connectivity index (χ1v) is 5.61. The predicted molar refractivity (Wildman–Crippen MR) is 64.2 cm³/mol. The first-order chi connectivity index (χ1) is 8.15. The number of carbonyl (C=O) groups is 2. The summed E-state index contributed by atoms with van der Waals surface area (Å²) in [5, 5.41) is 0. The third kappa shape index (κ3) is 2.08. The monoisotopic (exact) mass is 233 g/mol. The minimum absolute atomic E-state index is 0.0923. The molecular weight excluding hydrogens is 218 g/mol. The molecule has 1 aromatic carbocycles. The molecule has 90 valence electrons. The Labute approximate surface area is 100 Å². The molecule has 0 spiro atoms. The van der Waals surface area contributed by atoms with E-state index in [2.05, 4.69) is 0 Å². The summed E-state index contributed by atoms with van der Waals surface area (Å²) in [6.45, 7) is 2.14. The molecule has 1 heterocycles. The van der Waals surface area contributed by atoms with Crippen LogP contribution in [0.25, 0.3) is 0 Å². The summed E-state index contributed by atoms with van der Waals surface area (Å²) in [6.07, 6.45) is -0.115. The van der Waals surface area contributed by atoms with E-state index in [9.17, 15) is 9.59 Å². The van der Waals surface area contributed by atoms with Gasteiger partial charge in [0.25, 0.3) is 5.91 Å². The number of hydrogen-bond acceptors (Lipinski definition) is 3. The number of methoxy groups -OCH3 is 1. The Hall–Kier alpha value is -1.68. The molecule has 0 saturated carbocycles. The fraction of sp³-hybridized carbons (Fsp3) is 0.385. The van der Waals surface area contributed by atoms with E-state index in [-0.39, 0.29) is 11.7 Å². The van der Waals surface area contributed by atoms with Gasteiger partial charge in [-0.05, 0) is 19.1 Å². The van der Waals surface area contributed by atoms with Crippen LogP contribution in [0.3, 0.4) is 0 Å². The zero-order chi connectivity index (χ0) is 12.4. The highest BCUT2D eigenvalue weighted by Gasteiger charge is 2.29. The lowest BCUT2D eigenvalue weighted by molar-refractivity contribution is -0.127. The van der Waals surface area contributed by atoms with Crippen LogP contribution < -0.4 is 4.90 Å². The summed E-state index contributed by atoms with van der Waals surface area (Å²) in [5.41, 5.74) is 1.31. The maximum Gasteiger partial charge on any atom is 0.255 e. The van der Waals surface area contributed by atoms with Gasteiger partial charge < -0.3 is 9.64 Å². The Morgan fingerprint density at radius 1 is 1.41 bits per heavy atom. The van der Waals surface area contributed by atoms with Crippen molar-refractivity contribution in [2.45, 2.75) is 19.4 Å². The summed E-state index contributed by atoms with van der Waals surface area (Å²) in [7, 11) is 1.50. The van der Waals surface area contributed by atoms with E-state index in [1.807, 2.05) is 12.1 Å². The zero-order valence-corrected chi connectivity index (χ0v) is 9.97. The van der Waals surface area contributed by atoms with Crippen LogP contribution in [0.2, 0.25) is 0 Å². The molecule has 0 radical (unpaired) electrons. The van der Waals surface area contributed by atoms with Crippen molar-refractivity contribution in [1.82, 2.24) is 0 Å². The SMILES string of the molecule is COC(C)C(=O)N1CCC(=O)c2ccccc21. The van der Waals surface area contributed by atoms with Gasteiger partial charge in [0.1, 0.15) is 6.10 Å². The van der Waals surface area contributed by atoms with E-state index < -0.39 is 6.10 Å². The van der Waals surface area contributed by atoms with Crippen LogP contribution in [0.4, 0.5) is 5.69 Å². The van der Waals surface area contributed by atoms with Gasteiger partial charge in [-0.3, -0.25) is 9.59 Å². The van der Waals surface area contributed by atoms with Gasteiger partial charge >= 0.3 is 0 Å². The predicted octanol–water partition coefficient (Wildman–Crippen LogP) is 1.64. The molecule has 0 fully saturated rings. The molecule has 1 atom stereocenters. The number of nitrogens with zero attached hydrogens (tertiary/aromatic N) is 1. The Kier molecular flexibility index (Phi) is 3.24. The van der Waals surface area contributed by atoms with Crippen LogP contribution in [-0.2, 0) is 9.53 Å². The molecule has 1 aromatic rings. The largest absolute Gasteiger partial charge is 0.372 e. The molecule has 2 rings (SSSR count). The van der Waals surface area contributed by atoms with E-state index in [4.69, 9.17) is 4.74 Å².